The SMILES string of the molecule is C=CCOc1cccc2c1cc(C(=O)NC(C)(C)C)n2Cc1cc(F)ccc1F. The van der Waals surface area contributed by atoms with Crippen LogP contribution < -0.4 is 10.1 Å². The molecule has 29 heavy (non-hydrogen) atoms. The Morgan fingerprint density at radius 1 is 1.21 bits per heavy atom. The number of carbonyl (C=O) groups excluding carboxylic acids is 1. The Morgan fingerprint density at radius 2 is 1.97 bits per heavy atom. The van der Waals surface area contributed by atoms with Crippen molar-refractivity contribution in [3.8, 4) is 5.75 Å². The first-order valence-corrected chi connectivity index (χ1v) is 9.32. The Kier molecular flexibility index (Phi) is 5.73. The monoisotopic (exact) mass is 398 g/mol. The van der Waals surface area contributed by atoms with Crippen molar-refractivity contribution in [2.45, 2.75) is 32.9 Å². The maximum absolute atomic E-state index is 14.3. The predicted molar refractivity (Wildman–Crippen MR) is 110 cm³/mol. The van der Waals surface area contributed by atoms with E-state index in [4.69, 9.17) is 4.74 Å². The Labute approximate surface area is 168 Å². The fraction of sp³-hybridized carbons (Fsp3) is 0.261. The number of amides is 1. The number of nitrogens with zero attached hydrogens (tertiary/aromatic N) is 1. The molecule has 0 radical (unpaired) electrons. The topological polar surface area (TPSA) is 43.3 Å². The summed E-state index contributed by atoms with van der Waals surface area (Å²) in [6.45, 7) is 9.60. The molecule has 0 aliphatic rings. The van der Waals surface area contributed by atoms with Crippen molar-refractivity contribution in [2.75, 3.05) is 6.61 Å². The molecule has 0 aliphatic carbocycles. The van der Waals surface area contributed by atoms with Crippen molar-refractivity contribution in [1.82, 2.24) is 9.88 Å². The first-order valence-electron chi connectivity index (χ1n) is 9.32. The Bertz CT molecular complexity index is 1060. The van der Waals surface area contributed by atoms with Gasteiger partial charge in [-0.25, -0.2) is 8.78 Å². The van der Waals surface area contributed by atoms with Gasteiger partial charge in [-0.3, -0.25) is 4.79 Å². The molecule has 6 heteroatoms. The van der Waals surface area contributed by atoms with Crippen molar-refractivity contribution in [3.05, 3.63) is 78.0 Å². The minimum atomic E-state index is -0.534. The molecule has 152 valence electrons. The third kappa shape index (κ3) is 4.65. The maximum atomic E-state index is 14.3. The number of benzene rings is 2. The normalized spacial score (nSPS) is 11.5. The van der Waals surface area contributed by atoms with Gasteiger partial charge in [0.15, 0.2) is 0 Å². The summed E-state index contributed by atoms with van der Waals surface area (Å²) in [5.74, 6) is -0.783. The van der Waals surface area contributed by atoms with E-state index in [2.05, 4.69) is 11.9 Å². The lowest BCUT2D eigenvalue weighted by atomic mass is 10.1. The van der Waals surface area contributed by atoms with E-state index in [9.17, 15) is 13.6 Å². The number of carbonyl (C=O) groups is 1. The molecule has 1 heterocycles. The summed E-state index contributed by atoms with van der Waals surface area (Å²) in [7, 11) is 0. The Hall–Kier alpha value is -3.15. The second-order valence-corrected chi connectivity index (χ2v) is 7.84. The van der Waals surface area contributed by atoms with Gasteiger partial charge in [0.2, 0.25) is 0 Å². The number of nitrogens with one attached hydrogen (secondary N) is 1. The molecule has 0 aliphatic heterocycles. The van der Waals surface area contributed by atoms with Crippen LogP contribution in [0, 0.1) is 11.6 Å². The van der Waals surface area contributed by atoms with Crippen LogP contribution in [0.1, 0.15) is 36.8 Å². The van der Waals surface area contributed by atoms with Crippen LogP contribution >= 0.6 is 0 Å². The number of ether oxygens (including phenoxy) is 1. The summed E-state index contributed by atoms with van der Waals surface area (Å²) in [6, 6.07) is 10.4. The van der Waals surface area contributed by atoms with Gasteiger partial charge in [0, 0.05) is 16.5 Å². The molecule has 1 N–H and O–H groups in total. The minimum absolute atomic E-state index is 0.00486. The minimum Gasteiger partial charge on any atom is -0.489 e. The van der Waals surface area contributed by atoms with E-state index in [1.54, 1.807) is 28.8 Å². The predicted octanol–water partition coefficient (Wildman–Crippen LogP) is 5.06. The number of hydrogen-bond donors (Lipinski definition) is 1. The molecule has 0 saturated carbocycles. The number of halogens is 2. The smallest absolute Gasteiger partial charge is 0.268 e. The number of hydrogen-bond acceptors (Lipinski definition) is 2. The molecular weight excluding hydrogens is 374 g/mol. The van der Waals surface area contributed by atoms with Gasteiger partial charge in [0.1, 0.15) is 29.7 Å². The summed E-state index contributed by atoms with van der Waals surface area (Å²) in [5, 5.41) is 3.64. The lowest BCUT2D eigenvalue weighted by molar-refractivity contribution is 0.0911. The highest BCUT2D eigenvalue weighted by molar-refractivity contribution is 6.00. The molecule has 0 unspecified atom stereocenters. The van der Waals surface area contributed by atoms with Crippen LogP contribution in [-0.4, -0.2) is 22.6 Å². The summed E-state index contributed by atoms with van der Waals surface area (Å²) in [4.78, 5) is 13.0. The molecule has 3 rings (SSSR count). The van der Waals surface area contributed by atoms with Crippen molar-refractivity contribution in [2.24, 2.45) is 0 Å². The lowest BCUT2D eigenvalue weighted by Gasteiger charge is -2.21. The second kappa shape index (κ2) is 8.07. The van der Waals surface area contributed by atoms with Gasteiger partial charge >= 0.3 is 0 Å². The van der Waals surface area contributed by atoms with E-state index in [1.807, 2.05) is 26.8 Å². The Balaban J connectivity index is 2.16. The molecule has 0 bridgehead atoms. The highest BCUT2D eigenvalue weighted by Gasteiger charge is 2.22. The van der Waals surface area contributed by atoms with Crippen molar-refractivity contribution < 1.29 is 18.3 Å². The molecule has 3 aromatic rings. The molecule has 1 amide bonds. The van der Waals surface area contributed by atoms with E-state index < -0.39 is 17.2 Å². The van der Waals surface area contributed by atoms with Crippen LogP contribution in [0.4, 0.5) is 8.78 Å². The first-order chi connectivity index (χ1) is 13.7. The van der Waals surface area contributed by atoms with E-state index >= 15 is 0 Å². The highest BCUT2D eigenvalue weighted by Crippen LogP contribution is 2.30. The standard InChI is InChI=1S/C23H24F2N2O2/c1-5-11-29-21-8-6-7-19-17(21)13-20(22(28)26-23(2,3)4)27(19)14-15-12-16(24)9-10-18(15)25/h5-10,12-13H,1,11,14H2,2-4H3,(H,26,28). The van der Waals surface area contributed by atoms with Crippen LogP contribution in [-0.2, 0) is 6.54 Å². The van der Waals surface area contributed by atoms with Gasteiger partial charge < -0.3 is 14.6 Å². The lowest BCUT2D eigenvalue weighted by Crippen LogP contribution is -2.41. The highest BCUT2D eigenvalue weighted by atomic mass is 19.1. The molecule has 0 atom stereocenters. The first kappa shape index (κ1) is 20.6. The van der Waals surface area contributed by atoms with E-state index in [-0.39, 0.29) is 18.0 Å². The van der Waals surface area contributed by atoms with Crippen LogP contribution in [0.2, 0.25) is 0 Å². The van der Waals surface area contributed by atoms with Gasteiger partial charge in [0.25, 0.3) is 5.91 Å². The molecule has 2 aromatic carbocycles. The summed E-state index contributed by atoms with van der Waals surface area (Å²) >= 11 is 0. The van der Waals surface area contributed by atoms with Gasteiger partial charge in [-0.15, -0.1) is 0 Å². The summed E-state index contributed by atoms with van der Waals surface area (Å²) in [5.41, 5.74) is 0.734. The summed E-state index contributed by atoms with van der Waals surface area (Å²) in [6.07, 6.45) is 1.63. The number of rotatable bonds is 6. The zero-order valence-corrected chi connectivity index (χ0v) is 16.8. The average Bonchev–Trinajstić information content (AvgIpc) is 3.01. The van der Waals surface area contributed by atoms with Gasteiger partial charge in [0.05, 0.1) is 12.1 Å². The molecule has 0 saturated heterocycles. The fourth-order valence-electron chi connectivity index (χ4n) is 3.13. The second-order valence-electron chi connectivity index (χ2n) is 7.84. The van der Waals surface area contributed by atoms with E-state index in [0.29, 0.717) is 29.0 Å². The zero-order chi connectivity index (χ0) is 21.2. The number of fused-ring (bicyclic) bond motifs is 1. The molecule has 0 fully saturated rings. The zero-order valence-electron chi connectivity index (χ0n) is 16.8. The van der Waals surface area contributed by atoms with Gasteiger partial charge in [-0.1, -0.05) is 18.7 Å². The van der Waals surface area contributed by atoms with E-state index in [1.165, 1.54) is 0 Å². The third-order valence-corrected chi connectivity index (χ3v) is 4.32. The molecular formula is C23H24F2N2O2. The van der Waals surface area contributed by atoms with Gasteiger partial charge in [-0.2, -0.15) is 0 Å². The van der Waals surface area contributed by atoms with Crippen molar-refractivity contribution in [3.63, 3.8) is 0 Å². The van der Waals surface area contributed by atoms with Gasteiger partial charge in [-0.05, 0) is 57.2 Å². The molecule has 4 nitrogen and oxygen atoms in total. The van der Waals surface area contributed by atoms with Crippen LogP contribution in [0.3, 0.4) is 0 Å². The Morgan fingerprint density at radius 3 is 2.66 bits per heavy atom. The quantitative estimate of drug-likeness (QED) is 0.590. The average molecular weight is 398 g/mol. The molecule has 0 spiro atoms. The summed E-state index contributed by atoms with van der Waals surface area (Å²) < 4.78 is 35.4. The fourth-order valence-corrected chi connectivity index (χ4v) is 3.13. The van der Waals surface area contributed by atoms with Crippen LogP contribution in [0.25, 0.3) is 10.9 Å². The largest absolute Gasteiger partial charge is 0.489 e. The number of aromatic nitrogens is 1. The van der Waals surface area contributed by atoms with Crippen LogP contribution in [0.15, 0.2) is 55.1 Å². The van der Waals surface area contributed by atoms with E-state index in [0.717, 1.165) is 18.2 Å². The van der Waals surface area contributed by atoms with Crippen molar-refractivity contribution >= 4 is 16.8 Å². The van der Waals surface area contributed by atoms with Crippen molar-refractivity contribution in [1.29, 1.82) is 0 Å². The van der Waals surface area contributed by atoms with Crippen LogP contribution in [0.5, 0.6) is 5.75 Å². The molecule has 1 aromatic heterocycles. The third-order valence-electron chi connectivity index (χ3n) is 4.32. The maximum Gasteiger partial charge on any atom is 0.268 e.